The van der Waals surface area contributed by atoms with Crippen LogP contribution in [0.25, 0.3) is 0 Å². The maximum Gasteiger partial charge on any atom is 0.122 e. The van der Waals surface area contributed by atoms with Gasteiger partial charge in [-0.3, -0.25) is 0 Å². The van der Waals surface area contributed by atoms with Crippen molar-refractivity contribution < 1.29 is 9.47 Å². The smallest absolute Gasteiger partial charge is 0.122 e. The molecule has 2 rings (SSSR count). The van der Waals surface area contributed by atoms with Crippen LogP contribution >= 0.6 is 0 Å². The zero-order valence-electron chi connectivity index (χ0n) is 12.5. The van der Waals surface area contributed by atoms with Crippen LogP contribution in [-0.2, 0) is 0 Å². The Hall–Kier alpha value is -1.26. The summed E-state index contributed by atoms with van der Waals surface area (Å²) in [6.45, 7) is 1.59. The molecule has 3 N–H and O–H groups in total. The molecule has 1 unspecified atom stereocenters. The summed E-state index contributed by atoms with van der Waals surface area (Å²) in [6, 6.07) is 6.08. The van der Waals surface area contributed by atoms with Crippen molar-refractivity contribution in [1.29, 1.82) is 0 Å². The van der Waals surface area contributed by atoms with Gasteiger partial charge in [-0.15, -0.1) is 0 Å². The van der Waals surface area contributed by atoms with Gasteiger partial charge in [0.15, 0.2) is 0 Å². The molecule has 0 amide bonds. The van der Waals surface area contributed by atoms with Crippen molar-refractivity contribution >= 4 is 0 Å². The minimum atomic E-state index is 0.152. The van der Waals surface area contributed by atoms with Crippen molar-refractivity contribution in [3.8, 4) is 11.5 Å². The summed E-state index contributed by atoms with van der Waals surface area (Å²) in [4.78, 5) is 0. The third-order valence-electron chi connectivity index (χ3n) is 4.18. The molecule has 0 bridgehead atoms. The number of nitrogens with two attached hydrogens (primary N) is 1. The van der Waals surface area contributed by atoms with E-state index in [1.165, 1.54) is 25.7 Å². The molecule has 4 heteroatoms. The predicted octanol–water partition coefficient (Wildman–Crippen LogP) is 2.48. The molecular formula is C16H26N2O2. The first-order valence-corrected chi connectivity index (χ1v) is 7.43. The molecule has 0 aliphatic heterocycles. The van der Waals surface area contributed by atoms with Gasteiger partial charge in [0.05, 0.1) is 14.2 Å². The van der Waals surface area contributed by atoms with Gasteiger partial charge in [-0.05, 0) is 36.6 Å². The summed E-state index contributed by atoms with van der Waals surface area (Å²) in [5.41, 5.74) is 7.03. The molecule has 0 aromatic heterocycles. The summed E-state index contributed by atoms with van der Waals surface area (Å²) in [6.07, 6.45) is 5.43. The highest BCUT2D eigenvalue weighted by molar-refractivity contribution is 5.40. The quantitative estimate of drug-likeness (QED) is 0.767. The highest BCUT2D eigenvalue weighted by Crippen LogP contribution is 2.29. The van der Waals surface area contributed by atoms with E-state index < -0.39 is 0 Å². The van der Waals surface area contributed by atoms with Crippen molar-refractivity contribution in [2.75, 3.05) is 27.3 Å². The molecule has 4 nitrogen and oxygen atoms in total. The van der Waals surface area contributed by atoms with Gasteiger partial charge >= 0.3 is 0 Å². The van der Waals surface area contributed by atoms with E-state index in [2.05, 4.69) is 5.32 Å². The normalized spacial score (nSPS) is 16.6. The second-order valence-corrected chi connectivity index (χ2v) is 5.47. The lowest BCUT2D eigenvalue weighted by atomic mass is 9.83. The van der Waals surface area contributed by atoms with E-state index >= 15 is 0 Å². The van der Waals surface area contributed by atoms with Crippen LogP contribution < -0.4 is 20.5 Å². The minimum absolute atomic E-state index is 0.152. The van der Waals surface area contributed by atoms with Gasteiger partial charge in [0.2, 0.25) is 0 Å². The van der Waals surface area contributed by atoms with E-state index in [-0.39, 0.29) is 6.04 Å². The molecule has 1 aliphatic rings. The van der Waals surface area contributed by atoms with Gasteiger partial charge in [0.25, 0.3) is 0 Å². The van der Waals surface area contributed by atoms with Gasteiger partial charge in [-0.25, -0.2) is 0 Å². The first kappa shape index (κ1) is 15.1. The average molecular weight is 278 g/mol. The standard InChI is InChI=1S/C16H26N2O2/c1-19-14-8-13(9-15(10-14)20-2)16(11-17)18-7-6-12-4-3-5-12/h8-10,12,16,18H,3-7,11,17H2,1-2H3. The summed E-state index contributed by atoms with van der Waals surface area (Å²) >= 11 is 0. The Morgan fingerprint density at radius 3 is 2.30 bits per heavy atom. The second-order valence-electron chi connectivity index (χ2n) is 5.47. The van der Waals surface area contributed by atoms with Gasteiger partial charge in [0, 0.05) is 18.7 Å². The topological polar surface area (TPSA) is 56.5 Å². The van der Waals surface area contributed by atoms with Crippen LogP contribution in [0, 0.1) is 5.92 Å². The van der Waals surface area contributed by atoms with Gasteiger partial charge < -0.3 is 20.5 Å². The fraction of sp³-hybridized carbons (Fsp3) is 0.625. The maximum atomic E-state index is 5.91. The molecule has 1 fully saturated rings. The fourth-order valence-corrected chi connectivity index (χ4v) is 2.61. The largest absolute Gasteiger partial charge is 0.497 e. The molecule has 0 heterocycles. The number of rotatable bonds is 8. The van der Waals surface area contributed by atoms with Gasteiger partial charge in [-0.1, -0.05) is 19.3 Å². The summed E-state index contributed by atoms with van der Waals surface area (Å²) in [5.74, 6) is 2.53. The first-order valence-electron chi connectivity index (χ1n) is 7.43. The molecule has 0 spiro atoms. The molecule has 1 saturated carbocycles. The highest BCUT2D eigenvalue weighted by Gasteiger charge is 2.18. The van der Waals surface area contributed by atoms with Crippen LogP contribution in [-0.4, -0.2) is 27.3 Å². The molecule has 1 aromatic carbocycles. The molecule has 0 radical (unpaired) electrons. The van der Waals surface area contributed by atoms with Gasteiger partial charge in [-0.2, -0.15) is 0 Å². The Labute approximate surface area is 121 Å². The zero-order chi connectivity index (χ0) is 14.4. The van der Waals surface area contributed by atoms with E-state index in [4.69, 9.17) is 15.2 Å². The molecule has 1 aliphatic carbocycles. The highest BCUT2D eigenvalue weighted by atomic mass is 16.5. The average Bonchev–Trinajstić information content (AvgIpc) is 2.44. The SMILES string of the molecule is COc1cc(OC)cc(C(CN)NCCC2CCC2)c1. The molecule has 0 saturated heterocycles. The Bertz CT molecular complexity index is 397. The third kappa shape index (κ3) is 3.87. The lowest BCUT2D eigenvalue weighted by molar-refractivity contribution is 0.287. The van der Waals surface area contributed by atoms with Crippen molar-refractivity contribution in [2.24, 2.45) is 11.7 Å². The number of benzene rings is 1. The van der Waals surface area contributed by atoms with Crippen LogP contribution in [0.15, 0.2) is 18.2 Å². The van der Waals surface area contributed by atoms with E-state index in [1.54, 1.807) is 14.2 Å². The fourth-order valence-electron chi connectivity index (χ4n) is 2.61. The van der Waals surface area contributed by atoms with Crippen molar-refractivity contribution in [3.63, 3.8) is 0 Å². The first-order chi connectivity index (χ1) is 9.76. The second kappa shape index (κ2) is 7.50. The van der Waals surface area contributed by atoms with E-state index in [1.807, 2.05) is 18.2 Å². The summed E-state index contributed by atoms with van der Waals surface area (Å²) in [5, 5.41) is 3.55. The molecule has 112 valence electrons. The molecular weight excluding hydrogens is 252 g/mol. The van der Waals surface area contributed by atoms with Crippen LogP contribution in [0.2, 0.25) is 0 Å². The number of hydrogen-bond acceptors (Lipinski definition) is 4. The number of nitrogens with one attached hydrogen (secondary N) is 1. The Balaban J connectivity index is 1.97. The van der Waals surface area contributed by atoms with Crippen LogP contribution in [0.4, 0.5) is 0 Å². The number of ether oxygens (including phenoxy) is 2. The van der Waals surface area contributed by atoms with Crippen LogP contribution in [0.3, 0.4) is 0 Å². The Kier molecular flexibility index (Phi) is 5.68. The zero-order valence-corrected chi connectivity index (χ0v) is 12.5. The molecule has 20 heavy (non-hydrogen) atoms. The van der Waals surface area contributed by atoms with Crippen molar-refractivity contribution in [2.45, 2.75) is 31.7 Å². The monoisotopic (exact) mass is 278 g/mol. The lowest BCUT2D eigenvalue weighted by Crippen LogP contribution is -2.30. The van der Waals surface area contributed by atoms with E-state index in [9.17, 15) is 0 Å². The number of hydrogen-bond donors (Lipinski definition) is 2. The Morgan fingerprint density at radius 2 is 1.85 bits per heavy atom. The van der Waals surface area contributed by atoms with E-state index in [0.717, 1.165) is 29.5 Å². The minimum Gasteiger partial charge on any atom is -0.497 e. The van der Waals surface area contributed by atoms with E-state index in [0.29, 0.717) is 6.54 Å². The maximum absolute atomic E-state index is 5.91. The third-order valence-corrected chi connectivity index (χ3v) is 4.18. The summed E-state index contributed by atoms with van der Waals surface area (Å²) < 4.78 is 10.6. The predicted molar refractivity (Wildman–Crippen MR) is 81.3 cm³/mol. The van der Waals surface area contributed by atoms with Crippen LogP contribution in [0.1, 0.15) is 37.3 Å². The van der Waals surface area contributed by atoms with Crippen molar-refractivity contribution in [3.05, 3.63) is 23.8 Å². The molecule has 1 aromatic rings. The Morgan fingerprint density at radius 1 is 1.20 bits per heavy atom. The van der Waals surface area contributed by atoms with Gasteiger partial charge in [0.1, 0.15) is 11.5 Å². The lowest BCUT2D eigenvalue weighted by Gasteiger charge is -2.26. The molecule has 1 atom stereocenters. The van der Waals surface area contributed by atoms with Crippen molar-refractivity contribution in [1.82, 2.24) is 5.32 Å². The van der Waals surface area contributed by atoms with Crippen LogP contribution in [0.5, 0.6) is 11.5 Å². The summed E-state index contributed by atoms with van der Waals surface area (Å²) in [7, 11) is 3.33. The number of methoxy groups -OCH3 is 2.